The number of aromatic nitrogens is 1. The number of likely N-dealkylation sites (N-methyl/N-ethyl adjacent to an activating group) is 1. The third-order valence-electron chi connectivity index (χ3n) is 3.00. The molecule has 2 heterocycles. The van der Waals surface area contributed by atoms with E-state index in [1.807, 2.05) is 12.3 Å². The smallest absolute Gasteiger partial charge is 0.128 e. The van der Waals surface area contributed by atoms with Crippen molar-refractivity contribution in [2.45, 2.75) is 13.0 Å². The highest BCUT2D eigenvalue weighted by Crippen LogP contribution is 2.17. The van der Waals surface area contributed by atoms with E-state index in [-0.39, 0.29) is 0 Å². The molecule has 0 bridgehead atoms. The van der Waals surface area contributed by atoms with Gasteiger partial charge in [-0.25, -0.2) is 4.98 Å². The van der Waals surface area contributed by atoms with Gasteiger partial charge >= 0.3 is 0 Å². The van der Waals surface area contributed by atoms with Crippen LogP contribution >= 0.6 is 15.9 Å². The van der Waals surface area contributed by atoms with Crippen LogP contribution in [-0.4, -0.2) is 42.6 Å². The number of rotatable bonds is 1. The lowest BCUT2D eigenvalue weighted by molar-refractivity contribution is 0.233. The summed E-state index contributed by atoms with van der Waals surface area (Å²) in [5, 5.41) is 0. The summed E-state index contributed by atoms with van der Waals surface area (Å²) in [7, 11) is 2.18. The van der Waals surface area contributed by atoms with Crippen LogP contribution in [0.15, 0.2) is 22.8 Å². The first kappa shape index (κ1) is 10.9. The average molecular weight is 270 g/mol. The summed E-state index contributed by atoms with van der Waals surface area (Å²) >= 11 is 3.40. The second-order valence-electron chi connectivity index (χ2n) is 4.11. The van der Waals surface area contributed by atoms with Gasteiger partial charge in [0.05, 0.1) is 0 Å². The Labute approximate surface area is 99.2 Å². The summed E-state index contributed by atoms with van der Waals surface area (Å²) in [6.45, 7) is 5.49. The van der Waals surface area contributed by atoms with E-state index in [4.69, 9.17) is 0 Å². The Kier molecular flexibility index (Phi) is 3.26. The van der Waals surface area contributed by atoms with E-state index in [2.05, 4.69) is 50.8 Å². The summed E-state index contributed by atoms with van der Waals surface area (Å²) < 4.78 is 1.04. The van der Waals surface area contributed by atoms with Crippen LogP contribution in [0.4, 0.5) is 5.82 Å². The van der Waals surface area contributed by atoms with Crippen LogP contribution in [0.3, 0.4) is 0 Å². The Hall–Kier alpha value is -0.610. The molecule has 0 amide bonds. The highest BCUT2D eigenvalue weighted by atomic mass is 79.9. The number of hydrogen-bond acceptors (Lipinski definition) is 3. The first-order valence-electron chi connectivity index (χ1n) is 5.23. The standard InChI is InChI=1S/C11H16BrN3/c1-9-8-15(6-5-14(9)2)11-4-3-10(12)7-13-11/h3-4,7,9H,5-6,8H2,1-2H3. The molecule has 15 heavy (non-hydrogen) atoms. The van der Waals surface area contributed by atoms with Gasteiger partial charge in [0.15, 0.2) is 0 Å². The molecule has 0 aromatic carbocycles. The van der Waals surface area contributed by atoms with Crippen molar-refractivity contribution >= 4 is 21.7 Å². The summed E-state index contributed by atoms with van der Waals surface area (Å²) in [5.41, 5.74) is 0. The van der Waals surface area contributed by atoms with Gasteiger partial charge in [-0.1, -0.05) is 0 Å². The molecule has 1 aliphatic heterocycles. The lowest BCUT2D eigenvalue weighted by atomic mass is 10.2. The molecule has 0 radical (unpaired) electrons. The summed E-state index contributed by atoms with van der Waals surface area (Å²) in [4.78, 5) is 9.15. The van der Waals surface area contributed by atoms with E-state index < -0.39 is 0 Å². The average Bonchev–Trinajstić information content (AvgIpc) is 2.23. The third-order valence-corrected chi connectivity index (χ3v) is 3.46. The largest absolute Gasteiger partial charge is 0.354 e. The maximum absolute atomic E-state index is 4.42. The normalized spacial score (nSPS) is 23.1. The predicted octanol–water partition coefficient (Wildman–Crippen LogP) is 1.98. The fourth-order valence-electron chi connectivity index (χ4n) is 1.81. The molecule has 0 N–H and O–H groups in total. The van der Waals surface area contributed by atoms with Gasteiger partial charge in [0, 0.05) is 36.3 Å². The van der Waals surface area contributed by atoms with Crippen molar-refractivity contribution in [1.82, 2.24) is 9.88 Å². The fourth-order valence-corrected chi connectivity index (χ4v) is 2.05. The molecule has 1 saturated heterocycles. The molecule has 1 aromatic heterocycles. The van der Waals surface area contributed by atoms with E-state index in [9.17, 15) is 0 Å². The van der Waals surface area contributed by atoms with Gasteiger partial charge in [-0.3, -0.25) is 0 Å². The number of pyridine rings is 1. The van der Waals surface area contributed by atoms with Crippen LogP contribution in [0.2, 0.25) is 0 Å². The number of nitrogens with zero attached hydrogens (tertiary/aromatic N) is 3. The molecule has 1 atom stereocenters. The fraction of sp³-hybridized carbons (Fsp3) is 0.545. The van der Waals surface area contributed by atoms with Gasteiger partial charge in [0.1, 0.15) is 5.82 Å². The molecular weight excluding hydrogens is 254 g/mol. The van der Waals surface area contributed by atoms with E-state index in [0.29, 0.717) is 6.04 Å². The number of anilines is 1. The minimum Gasteiger partial charge on any atom is -0.354 e. The minimum atomic E-state index is 0.601. The van der Waals surface area contributed by atoms with Crippen LogP contribution in [0.1, 0.15) is 6.92 Å². The molecule has 1 aromatic rings. The SMILES string of the molecule is CC1CN(c2ccc(Br)cn2)CCN1C. The summed E-state index contributed by atoms with van der Waals surface area (Å²) in [6, 6.07) is 4.72. The Morgan fingerprint density at radius 2 is 2.20 bits per heavy atom. The molecule has 0 saturated carbocycles. The third kappa shape index (κ3) is 2.49. The molecule has 1 aliphatic rings. The van der Waals surface area contributed by atoms with Crippen molar-refractivity contribution in [3.8, 4) is 0 Å². The highest BCUT2D eigenvalue weighted by molar-refractivity contribution is 9.10. The van der Waals surface area contributed by atoms with E-state index in [1.54, 1.807) is 0 Å². The van der Waals surface area contributed by atoms with E-state index in [1.165, 1.54) is 0 Å². The lowest BCUT2D eigenvalue weighted by Crippen LogP contribution is -2.50. The van der Waals surface area contributed by atoms with Gasteiger partial charge in [0.25, 0.3) is 0 Å². The Morgan fingerprint density at radius 1 is 1.40 bits per heavy atom. The van der Waals surface area contributed by atoms with Gasteiger partial charge in [-0.05, 0) is 42.0 Å². The van der Waals surface area contributed by atoms with Gasteiger partial charge in [-0.2, -0.15) is 0 Å². The van der Waals surface area contributed by atoms with Crippen LogP contribution in [0.5, 0.6) is 0 Å². The molecular formula is C11H16BrN3. The van der Waals surface area contributed by atoms with Crippen molar-refractivity contribution in [1.29, 1.82) is 0 Å². The Morgan fingerprint density at radius 3 is 2.80 bits per heavy atom. The first-order valence-corrected chi connectivity index (χ1v) is 6.03. The zero-order valence-corrected chi connectivity index (χ0v) is 10.7. The quantitative estimate of drug-likeness (QED) is 0.778. The predicted molar refractivity (Wildman–Crippen MR) is 66.2 cm³/mol. The second-order valence-corrected chi connectivity index (χ2v) is 5.03. The molecule has 0 aliphatic carbocycles. The van der Waals surface area contributed by atoms with E-state index >= 15 is 0 Å². The lowest BCUT2D eigenvalue weighted by Gasteiger charge is -2.38. The van der Waals surface area contributed by atoms with Gasteiger partial charge in [-0.15, -0.1) is 0 Å². The van der Waals surface area contributed by atoms with Crippen molar-refractivity contribution < 1.29 is 0 Å². The molecule has 2 rings (SSSR count). The topological polar surface area (TPSA) is 19.4 Å². The van der Waals surface area contributed by atoms with E-state index in [0.717, 1.165) is 29.9 Å². The van der Waals surface area contributed by atoms with Crippen LogP contribution in [-0.2, 0) is 0 Å². The molecule has 0 spiro atoms. The number of hydrogen-bond donors (Lipinski definition) is 0. The van der Waals surface area contributed by atoms with Crippen molar-refractivity contribution in [3.63, 3.8) is 0 Å². The first-order chi connectivity index (χ1) is 7.16. The summed E-state index contributed by atoms with van der Waals surface area (Å²) in [6.07, 6.45) is 1.86. The highest BCUT2D eigenvalue weighted by Gasteiger charge is 2.21. The molecule has 1 unspecified atom stereocenters. The molecule has 3 nitrogen and oxygen atoms in total. The van der Waals surface area contributed by atoms with Gasteiger partial charge < -0.3 is 9.80 Å². The second kappa shape index (κ2) is 4.49. The van der Waals surface area contributed by atoms with Crippen molar-refractivity contribution in [2.24, 2.45) is 0 Å². The molecule has 1 fully saturated rings. The maximum atomic E-state index is 4.42. The van der Waals surface area contributed by atoms with Crippen molar-refractivity contribution in [2.75, 3.05) is 31.6 Å². The van der Waals surface area contributed by atoms with Crippen LogP contribution in [0, 0.1) is 0 Å². The molecule has 4 heteroatoms. The molecule has 82 valence electrons. The van der Waals surface area contributed by atoms with Crippen LogP contribution < -0.4 is 4.90 Å². The number of piperazine rings is 1. The van der Waals surface area contributed by atoms with Gasteiger partial charge in [0.2, 0.25) is 0 Å². The Balaban J connectivity index is 2.08. The monoisotopic (exact) mass is 269 g/mol. The maximum Gasteiger partial charge on any atom is 0.128 e. The Bertz CT molecular complexity index is 325. The number of halogens is 1. The van der Waals surface area contributed by atoms with Crippen molar-refractivity contribution in [3.05, 3.63) is 22.8 Å². The zero-order chi connectivity index (χ0) is 10.8. The van der Waals surface area contributed by atoms with Crippen LogP contribution in [0.25, 0.3) is 0 Å². The summed E-state index contributed by atoms with van der Waals surface area (Å²) in [5.74, 6) is 1.08. The minimum absolute atomic E-state index is 0.601. The zero-order valence-electron chi connectivity index (χ0n) is 9.15.